The van der Waals surface area contributed by atoms with Crippen molar-refractivity contribution in [1.82, 2.24) is 5.32 Å². The van der Waals surface area contributed by atoms with Crippen molar-refractivity contribution in [2.75, 3.05) is 18.5 Å². The second-order valence-corrected chi connectivity index (χ2v) is 4.15. The predicted octanol–water partition coefficient (Wildman–Crippen LogP) is 3.40. The van der Waals surface area contributed by atoms with Gasteiger partial charge in [0.05, 0.1) is 6.67 Å². The third-order valence-corrected chi connectivity index (χ3v) is 2.62. The molecule has 2 heteroatoms. The van der Waals surface area contributed by atoms with Gasteiger partial charge in [-0.15, -0.1) is 0 Å². The van der Waals surface area contributed by atoms with E-state index in [9.17, 15) is 0 Å². The minimum Gasteiger partial charge on any atom is -0.372 e. The summed E-state index contributed by atoms with van der Waals surface area (Å²) in [6.07, 6.45) is 4.92. The number of anilines is 1. The summed E-state index contributed by atoms with van der Waals surface area (Å²) in [6, 6.07) is 8.77. The summed E-state index contributed by atoms with van der Waals surface area (Å²) in [5.41, 5.74) is 2.64. The largest absolute Gasteiger partial charge is 0.372 e. The van der Waals surface area contributed by atoms with E-state index in [-0.39, 0.29) is 0 Å². The Kier molecular flexibility index (Phi) is 6.66. The lowest BCUT2D eigenvalue weighted by Crippen LogP contribution is -2.22. The van der Waals surface area contributed by atoms with E-state index in [0.29, 0.717) is 0 Å². The van der Waals surface area contributed by atoms with Gasteiger partial charge in [-0.2, -0.15) is 0 Å². The van der Waals surface area contributed by atoms with Crippen LogP contribution < -0.4 is 10.6 Å². The number of hydrogen-bond donors (Lipinski definition) is 2. The van der Waals surface area contributed by atoms with Crippen molar-refractivity contribution in [1.29, 1.82) is 0 Å². The highest BCUT2D eigenvalue weighted by Crippen LogP contribution is 2.11. The Morgan fingerprint density at radius 1 is 1.00 bits per heavy atom. The second kappa shape index (κ2) is 8.17. The van der Waals surface area contributed by atoms with E-state index < -0.39 is 0 Å². The molecule has 0 fully saturated rings. The number of rotatable bonds is 8. The highest BCUT2D eigenvalue weighted by atomic mass is 15.1. The van der Waals surface area contributed by atoms with Crippen LogP contribution in [0.25, 0.3) is 0 Å². The van der Waals surface area contributed by atoms with Crippen LogP contribution in [0, 0.1) is 0 Å². The Labute approximate surface area is 99.5 Å². The van der Waals surface area contributed by atoms with Gasteiger partial charge in [-0.25, -0.2) is 0 Å². The van der Waals surface area contributed by atoms with Crippen LogP contribution in [-0.2, 0) is 6.42 Å². The van der Waals surface area contributed by atoms with Gasteiger partial charge in [0.1, 0.15) is 0 Å². The molecule has 0 saturated carbocycles. The standard InChI is InChI=1S/C14H24N2/c1-3-5-6-13-7-9-14(10-8-13)16-12-15-11-4-2/h7-10,15-16H,3-6,11-12H2,1-2H3. The topological polar surface area (TPSA) is 24.1 Å². The van der Waals surface area contributed by atoms with Crippen LogP contribution in [0.1, 0.15) is 38.7 Å². The molecule has 0 unspecified atom stereocenters. The fraction of sp³-hybridized carbons (Fsp3) is 0.571. The van der Waals surface area contributed by atoms with Crippen LogP contribution in [-0.4, -0.2) is 13.2 Å². The van der Waals surface area contributed by atoms with Gasteiger partial charge < -0.3 is 10.6 Å². The molecule has 90 valence electrons. The molecule has 2 N–H and O–H groups in total. The van der Waals surface area contributed by atoms with Crippen LogP contribution in [0.2, 0.25) is 0 Å². The first kappa shape index (κ1) is 13.0. The average Bonchev–Trinajstić information content (AvgIpc) is 2.33. The van der Waals surface area contributed by atoms with Crippen molar-refractivity contribution in [3.8, 4) is 0 Å². The molecule has 0 bridgehead atoms. The smallest absolute Gasteiger partial charge is 0.0653 e. The lowest BCUT2D eigenvalue weighted by atomic mass is 10.1. The number of benzene rings is 1. The molecule has 2 nitrogen and oxygen atoms in total. The summed E-state index contributed by atoms with van der Waals surface area (Å²) in [6.45, 7) is 6.33. The van der Waals surface area contributed by atoms with Gasteiger partial charge in [0, 0.05) is 5.69 Å². The van der Waals surface area contributed by atoms with Crippen molar-refractivity contribution in [2.24, 2.45) is 0 Å². The molecule has 0 amide bonds. The van der Waals surface area contributed by atoms with Crippen LogP contribution >= 0.6 is 0 Å². The van der Waals surface area contributed by atoms with Crippen molar-refractivity contribution in [2.45, 2.75) is 39.5 Å². The molecule has 0 saturated heterocycles. The molecular formula is C14H24N2. The van der Waals surface area contributed by atoms with Crippen molar-refractivity contribution in [3.63, 3.8) is 0 Å². The van der Waals surface area contributed by atoms with Crippen LogP contribution in [0.3, 0.4) is 0 Å². The van der Waals surface area contributed by atoms with Gasteiger partial charge in [0.25, 0.3) is 0 Å². The number of aryl methyl sites for hydroxylation is 1. The van der Waals surface area contributed by atoms with Crippen LogP contribution in [0.15, 0.2) is 24.3 Å². The maximum absolute atomic E-state index is 3.35. The monoisotopic (exact) mass is 220 g/mol. The predicted molar refractivity (Wildman–Crippen MR) is 71.8 cm³/mol. The van der Waals surface area contributed by atoms with E-state index in [2.05, 4.69) is 48.7 Å². The molecule has 16 heavy (non-hydrogen) atoms. The maximum Gasteiger partial charge on any atom is 0.0653 e. The summed E-state index contributed by atoms with van der Waals surface area (Å²) in [7, 11) is 0. The zero-order valence-electron chi connectivity index (χ0n) is 10.6. The minimum absolute atomic E-state index is 0.849. The molecule has 0 aliphatic heterocycles. The molecule has 0 heterocycles. The Balaban J connectivity index is 2.27. The molecule has 0 aromatic heterocycles. The van der Waals surface area contributed by atoms with Gasteiger partial charge in [-0.3, -0.25) is 0 Å². The zero-order chi connectivity index (χ0) is 11.6. The molecule has 0 radical (unpaired) electrons. The van der Waals surface area contributed by atoms with E-state index >= 15 is 0 Å². The van der Waals surface area contributed by atoms with E-state index in [0.717, 1.165) is 13.2 Å². The number of nitrogens with one attached hydrogen (secondary N) is 2. The van der Waals surface area contributed by atoms with E-state index in [1.54, 1.807) is 0 Å². The van der Waals surface area contributed by atoms with E-state index in [1.165, 1.54) is 36.9 Å². The number of hydrogen-bond acceptors (Lipinski definition) is 2. The third kappa shape index (κ3) is 5.17. The molecule has 0 aliphatic rings. The lowest BCUT2D eigenvalue weighted by Gasteiger charge is -2.08. The summed E-state index contributed by atoms with van der Waals surface area (Å²) in [5.74, 6) is 0. The number of unbranched alkanes of at least 4 members (excludes halogenated alkanes) is 1. The minimum atomic E-state index is 0.849. The first-order valence-electron chi connectivity index (χ1n) is 6.40. The Hall–Kier alpha value is -1.02. The fourth-order valence-corrected chi connectivity index (χ4v) is 1.60. The summed E-state index contributed by atoms with van der Waals surface area (Å²) in [5, 5.41) is 6.67. The van der Waals surface area contributed by atoms with Crippen LogP contribution in [0.5, 0.6) is 0 Å². The van der Waals surface area contributed by atoms with Crippen molar-refractivity contribution >= 4 is 5.69 Å². The third-order valence-electron chi connectivity index (χ3n) is 2.62. The summed E-state index contributed by atoms with van der Waals surface area (Å²) < 4.78 is 0. The van der Waals surface area contributed by atoms with Crippen LogP contribution in [0.4, 0.5) is 5.69 Å². The first-order valence-corrected chi connectivity index (χ1v) is 6.40. The molecule has 1 aromatic rings. The molecule has 0 aliphatic carbocycles. The second-order valence-electron chi connectivity index (χ2n) is 4.15. The molecule has 0 spiro atoms. The molecule has 0 atom stereocenters. The SMILES string of the molecule is CCCCc1ccc(NCNCCC)cc1. The lowest BCUT2D eigenvalue weighted by molar-refractivity contribution is 0.709. The summed E-state index contributed by atoms with van der Waals surface area (Å²) in [4.78, 5) is 0. The Bertz CT molecular complexity index is 267. The highest BCUT2D eigenvalue weighted by molar-refractivity contribution is 5.44. The van der Waals surface area contributed by atoms with Crippen molar-refractivity contribution in [3.05, 3.63) is 29.8 Å². The zero-order valence-corrected chi connectivity index (χ0v) is 10.6. The van der Waals surface area contributed by atoms with Gasteiger partial charge in [-0.1, -0.05) is 32.4 Å². The Morgan fingerprint density at radius 2 is 1.75 bits per heavy atom. The normalized spacial score (nSPS) is 10.4. The van der Waals surface area contributed by atoms with Crippen molar-refractivity contribution < 1.29 is 0 Å². The van der Waals surface area contributed by atoms with E-state index in [1.807, 2.05) is 0 Å². The summed E-state index contributed by atoms with van der Waals surface area (Å²) >= 11 is 0. The van der Waals surface area contributed by atoms with Gasteiger partial charge in [-0.05, 0) is 43.5 Å². The maximum atomic E-state index is 3.35. The quantitative estimate of drug-likeness (QED) is 0.518. The van der Waals surface area contributed by atoms with E-state index in [4.69, 9.17) is 0 Å². The average molecular weight is 220 g/mol. The molecule has 1 rings (SSSR count). The van der Waals surface area contributed by atoms with Gasteiger partial charge in [0.2, 0.25) is 0 Å². The van der Waals surface area contributed by atoms with Gasteiger partial charge >= 0.3 is 0 Å². The van der Waals surface area contributed by atoms with Gasteiger partial charge in [0.15, 0.2) is 0 Å². The fourth-order valence-electron chi connectivity index (χ4n) is 1.60. The highest BCUT2D eigenvalue weighted by Gasteiger charge is 1.93. The Morgan fingerprint density at radius 3 is 2.38 bits per heavy atom. The molecule has 1 aromatic carbocycles. The first-order chi connectivity index (χ1) is 7.86. The molecular weight excluding hydrogens is 196 g/mol.